The standard InChI is InChI=1S/C19H26BrN3O3/c20-16-8-4-7-15(11-16)13-21-17(24)9-10-18(25)22-23-19(26)12-14-5-2-1-3-6-14/h4,7-8,11,14H,1-3,5-6,9-10,12-13H2,(H,21,24)(H,22,25)(H,23,26). The molecule has 2 rings (SSSR count). The highest BCUT2D eigenvalue weighted by Crippen LogP contribution is 2.25. The van der Waals surface area contributed by atoms with Crippen molar-refractivity contribution < 1.29 is 14.4 Å². The second-order valence-corrected chi connectivity index (χ2v) is 7.63. The normalized spacial score (nSPS) is 14.5. The first-order valence-corrected chi connectivity index (χ1v) is 9.91. The van der Waals surface area contributed by atoms with Gasteiger partial charge in [0.1, 0.15) is 0 Å². The van der Waals surface area contributed by atoms with Gasteiger partial charge in [-0.2, -0.15) is 0 Å². The van der Waals surface area contributed by atoms with Crippen LogP contribution < -0.4 is 16.2 Å². The summed E-state index contributed by atoms with van der Waals surface area (Å²) in [4.78, 5) is 35.4. The molecule has 3 amide bonds. The first kappa shape index (κ1) is 20.4. The van der Waals surface area contributed by atoms with Crippen LogP contribution >= 0.6 is 15.9 Å². The molecule has 26 heavy (non-hydrogen) atoms. The molecule has 0 aliphatic heterocycles. The van der Waals surface area contributed by atoms with Gasteiger partial charge in [-0.15, -0.1) is 0 Å². The van der Waals surface area contributed by atoms with Crippen molar-refractivity contribution in [3.05, 3.63) is 34.3 Å². The Morgan fingerprint density at radius 1 is 0.962 bits per heavy atom. The Labute approximate surface area is 162 Å². The molecule has 1 aromatic carbocycles. The quantitative estimate of drug-likeness (QED) is 0.589. The highest BCUT2D eigenvalue weighted by atomic mass is 79.9. The minimum atomic E-state index is -0.361. The van der Waals surface area contributed by atoms with Crippen LogP contribution in [-0.2, 0) is 20.9 Å². The van der Waals surface area contributed by atoms with Crippen LogP contribution in [0.2, 0.25) is 0 Å². The zero-order valence-electron chi connectivity index (χ0n) is 14.9. The largest absolute Gasteiger partial charge is 0.352 e. The van der Waals surface area contributed by atoms with E-state index in [1.54, 1.807) is 0 Å². The van der Waals surface area contributed by atoms with Crippen LogP contribution in [0, 0.1) is 5.92 Å². The molecule has 0 heterocycles. The zero-order valence-corrected chi connectivity index (χ0v) is 16.4. The topological polar surface area (TPSA) is 87.3 Å². The van der Waals surface area contributed by atoms with Gasteiger partial charge >= 0.3 is 0 Å². The molecule has 0 radical (unpaired) electrons. The van der Waals surface area contributed by atoms with Gasteiger partial charge in [0.25, 0.3) is 0 Å². The molecule has 0 bridgehead atoms. The fraction of sp³-hybridized carbons (Fsp3) is 0.526. The van der Waals surface area contributed by atoms with Crippen LogP contribution in [0.25, 0.3) is 0 Å². The summed E-state index contributed by atoms with van der Waals surface area (Å²) in [7, 11) is 0. The summed E-state index contributed by atoms with van der Waals surface area (Å²) in [6.07, 6.45) is 6.34. The third-order valence-electron chi connectivity index (χ3n) is 4.50. The van der Waals surface area contributed by atoms with Gasteiger partial charge in [-0.3, -0.25) is 25.2 Å². The maximum absolute atomic E-state index is 11.8. The van der Waals surface area contributed by atoms with Gasteiger partial charge in [0.2, 0.25) is 17.7 Å². The molecule has 1 saturated carbocycles. The van der Waals surface area contributed by atoms with Crippen LogP contribution in [-0.4, -0.2) is 17.7 Å². The molecule has 1 aliphatic rings. The summed E-state index contributed by atoms with van der Waals surface area (Å²) in [5.74, 6) is -0.304. The van der Waals surface area contributed by atoms with Crippen molar-refractivity contribution in [2.75, 3.05) is 0 Å². The smallest absolute Gasteiger partial charge is 0.238 e. The second kappa shape index (κ2) is 11.0. The van der Waals surface area contributed by atoms with E-state index in [1.165, 1.54) is 19.3 Å². The van der Waals surface area contributed by atoms with Crippen LogP contribution in [0.3, 0.4) is 0 Å². The molecule has 6 nitrogen and oxygen atoms in total. The summed E-state index contributed by atoms with van der Waals surface area (Å²) in [5.41, 5.74) is 5.80. The molecule has 0 aromatic heterocycles. The summed E-state index contributed by atoms with van der Waals surface area (Å²) >= 11 is 3.38. The molecular weight excluding hydrogens is 398 g/mol. The number of carbonyl (C=O) groups is 3. The lowest BCUT2D eigenvalue weighted by Gasteiger charge is -2.20. The Kier molecular flexibility index (Phi) is 8.61. The van der Waals surface area contributed by atoms with E-state index in [0.29, 0.717) is 18.9 Å². The van der Waals surface area contributed by atoms with Crippen LogP contribution in [0.1, 0.15) is 56.9 Å². The highest BCUT2D eigenvalue weighted by Gasteiger charge is 2.17. The van der Waals surface area contributed by atoms with Gasteiger partial charge in [0, 0.05) is 30.3 Å². The fourth-order valence-electron chi connectivity index (χ4n) is 3.07. The van der Waals surface area contributed by atoms with Crippen molar-refractivity contribution in [1.29, 1.82) is 0 Å². The fourth-order valence-corrected chi connectivity index (χ4v) is 3.52. The number of halogens is 1. The SMILES string of the molecule is O=C(CCC(=O)NNC(=O)CC1CCCCC1)NCc1cccc(Br)c1. The van der Waals surface area contributed by atoms with Crippen molar-refractivity contribution in [3.8, 4) is 0 Å². The van der Waals surface area contributed by atoms with Gasteiger partial charge in [-0.1, -0.05) is 47.3 Å². The number of hydrogen-bond acceptors (Lipinski definition) is 3. The Bertz CT molecular complexity index is 630. The predicted molar refractivity (Wildman–Crippen MR) is 103 cm³/mol. The molecular formula is C19H26BrN3O3. The van der Waals surface area contributed by atoms with E-state index in [0.717, 1.165) is 22.9 Å². The zero-order chi connectivity index (χ0) is 18.8. The monoisotopic (exact) mass is 423 g/mol. The predicted octanol–water partition coefficient (Wildman–Crippen LogP) is 2.96. The molecule has 0 atom stereocenters. The minimum Gasteiger partial charge on any atom is -0.352 e. The van der Waals surface area contributed by atoms with Crippen molar-refractivity contribution in [3.63, 3.8) is 0 Å². The molecule has 0 unspecified atom stereocenters. The average Bonchev–Trinajstić information content (AvgIpc) is 2.64. The molecule has 0 saturated heterocycles. The van der Waals surface area contributed by atoms with Gasteiger partial charge < -0.3 is 5.32 Å². The van der Waals surface area contributed by atoms with Crippen LogP contribution in [0.4, 0.5) is 0 Å². The van der Waals surface area contributed by atoms with Crippen molar-refractivity contribution in [2.45, 2.75) is 57.9 Å². The number of nitrogens with one attached hydrogen (secondary N) is 3. The first-order chi connectivity index (χ1) is 12.5. The van der Waals surface area contributed by atoms with Gasteiger partial charge in [-0.05, 0) is 36.5 Å². The third-order valence-corrected chi connectivity index (χ3v) is 4.99. The van der Waals surface area contributed by atoms with Crippen molar-refractivity contribution in [1.82, 2.24) is 16.2 Å². The summed E-state index contributed by atoms with van der Waals surface area (Å²) in [5, 5.41) is 2.77. The number of carbonyl (C=O) groups excluding carboxylic acids is 3. The highest BCUT2D eigenvalue weighted by molar-refractivity contribution is 9.10. The van der Waals surface area contributed by atoms with Crippen molar-refractivity contribution >= 4 is 33.7 Å². The van der Waals surface area contributed by atoms with E-state index in [1.807, 2.05) is 24.3 Å². The Morgan fingerprint density at radius 2 is 1.65 bits per heavy atom. The molecule has 142 valence electrons. The summed E-state index contributed by atoms with van der Waals surface area (Å²) < 4.78 is 0.951. The van der Waals surface area contributed by atoms with Crippen molar-refractivity contribution in [2.24, 2.45) is 5.92 Å². The Morgan fingerprint density at radius 3 is 2.38 bits per heavy atom. The maximum atomic E-state index is 11.8. The molecule has 3 N–H and O–H groups in total. The van der Waals surface area contributed by atoms with E-state index >= 15 is 0 Å². The van der Waals surface area contributed by atoms with E-state index in [2.05, 4.69) is 32.1 Å². The second-order valence-electron chi connectivity index (χ2n) is 6.71. The number of rotatable bonds is 7. The average molecular weight is 424 g/mol. The number of benzene rings is 1. The molecule has 7 heteroatoms. The molecule has 1 fully saturated rings. The Hall–Kier alpha value is -1.89. The number of hydrogen-bond donors (Lipinski definition) is 3. The maximum Gasteiger partial charge on any atom is 0.238 e. The minimum absolute atomic E-state index is 0.0357. The molecule has 1 aliphatic carbocycles. The lowest BCUT2D eigenvalue weighted by molar-refractivity contribution is -0.130. The first-order valence-electron chi connectivity index (χ1n) is 9.12. The van der Waals surface area contributed by atoms with Crippen LogP contribution in [0.5, 0.6) is 0 Å². The Balaban J connectivity index is 1.57. The third kappa shape index (κ3) is 7.99. The van der Waals surface area contributed by atoms with Gasteiger partial charge in [0.15, 0.2) is 0 Å². The van der Waals surface area contributed by atoms with E-state index in [-0.39, 0.29) is 30.6 Å². The van der Waals surface area contributed by atoms with E-state index in [4.69, 9.17) is 0 Å². The summed E-state index contributed by atoms with van der Waals surface area (Å²) in [6, 6.07) is 7.65. The van der Waals surface area contributed by atoms with E-state index < -0.39 is 0 Å². The molecule has 0 spiro atoms. The van der Waals surface area contributed by atoms with E-state index in [9.17, 15) is 14.4 Å². The molecule has 1 aromatic rings. The lowest BCUT2D eigenvalue weighted by Crippen LogP contribution is -2.42. The van der Waals surface area contributed by atoms with Gasteiger partial charge in [-0.25, -0.2) is 0 Å². The summed E-state index contributed by atoms with van der Waals surface area (Å²) in [6.45, 7) is 0.415. The number of amides is 3. The van der Waals surface area contributed by atoms with Gasteiger partial charge in [0.05, 0.1) is 0 Å². The lowest BCUT2D eigenvalue weighted by atomic mass is 9.87. The number of hydrazine groups is 1. The van der Waals surface area contributed by atoms with Crippen LogP contribution in [0.15, 0.2) is 28.7 Å².